The lowest BCUT2D eigenvalue weighted by Crippen LogP contribution is -2.28. The van der Waals surface area contributed by atoms with Crippen LogP contribution in [0, 0.1) is 6.92 Å². The van der Waals surface area contributed by atoms with Crippen LogP contribution in [0.25, 0.3) is 11.0 Å². The van der Waals surface area contributed by atoms with Crippen LogP contribution in [0.15, 0.2) is 36.5 Å². The maximum absolute atomic E-state index is 12.2. The van der Waals surface area contributed by atoms with Crippen molar-refractivity contribution >= 4 is 34.6 Å². The molecule has 0 saturated carbocycles. The van der Waals surface area contributed by atoms with E-state index in [1.807, 2.05) is 19.1 Å². The molecule has 4 rings (SSSR count). The van der Waals surface area contributed by atoms with Crippen LogP contribution in [0.4, 0.5) is 5.95 Å². The number of nitrogens with zero attached hydrogens (tertiary/aromatic N) is 3. The summed E-state index contributed by atoms with van der Waals surface area (Å²) in [5.74, 6) is -0.405. The first-order valence-electron chi connectivity index (χ1n) is 8.79. The number of carbonyl (C=O) groups is 1. The van der Waals surface area contributed by atoms with Gasteiger partial charge in [-0.15, -0.1) is 0 Å². The number of halogens is 1. The summed E-state index contributed by atoms with van der Waals surface area (Å²) in [6.45, 7) is 1.89. The number of esters is 1. The van der Waals surface area contributed by atoms with Crippen molar-refractivity contribution in [2.45, 2.75) is 31.8 Å². The SMILES string of the molecule is Cc1ccc(C(=O)OC[C@H]2O[C@@H](n3ccc4c(Cl)nc(N)nc43)C[C@@H]2O)cc1. The lowest BCUT2D eigenvalue weighted by atomic mass is 10.1. The number of aromatic nitrogens is 3. The van der Waals surface area contributed by atoms with E-state index in [0.29, 0.717) is 23.0 Å². The Bertz CT molecular complexity index is 1020. The van der Waals surface area contributed by atoms with Gasteiger partial charge in [0.25, 0.3) is 0 Å². The normalized spacial score (nSPS) is 21.9. The van der Waals surface area contributed by atoms with Crippen LogP contribution >= 0.6 is 11.6 Å². The summed E-state index contributed by atoms with van der Waals surface area (Å²) in [4.78, 5) is 20.3. The van der Waals surface area contributed by atoms with Crippen LogP contribution in [0.2, 0.25) is 5.15 Å². The highest BCUT2D eigenvalue weighted by Gasteiger charge is 2.36. The zero-order valence-corrected chi connectivity index (χ0v) is 15.8. The molecule has 1 aromatic carbocycles. The second-order valence-electron chi connectivity index (χ2n) is 6.73. The van der Waals surface area contributed by atoms with Crippen LogP contribution in [-0.2, 0) is 9.47 Å². The van der Waals surface area contributed by atoms with Crippen molar-refractivity contribution in [2.75, 3.05) is 12.3 Å². The number of ether oxygens (including phenoxy) is 2. The first-order chi connectivity index (χ1) is 13.4. The molecule has 1 fully saturated rings. The van der Waals surface area contributed by atoms with E-state index in [4.69, 9.17) is 26.8 Å². The van der Waals surface area contributed by atoms with Gasteiger partial charge in [-0.2, -0.15) is 4.98 Å². The Morgan fingerprint density at radius 3 is 2.86 bits per heavy atom. The fourth-order valence-electron chi connectivity index (χ4n) is 3.21. The Morgan fingerprint density at radius 1 is 1.36 bits per heavy atom. The van der Waals surface area contributed by atoms with Gasteiger partial charge in [0.2, 0.25) is 5.95 Å². The van der Waals surface area contributed by atoms with Crippen LogP contribution in [0.3, 0.4) is 0 Å². The molecule has 0 amide bonds. The van der Waals surface area contributed by atoms with Crippen LogP contribution in [0.5, 0.6) is 0 Å². The van der Waals surface area contributed by atoms with Gasteiger partial charge < -0.3 is 24.9 Å². The Labute approximate surface area is 165 Å². The molecule has 28 heavy (non-hydrogen) atoms. The van der Waals surface area contributed by atoms with E-state index >= 15 is 0 Å². The predicted octanol–water partition coefficient (Wildman–Crippen LogP) is 2.48. The number of carbonyl (C=O) groups excluding carboxylic acids is 1. The number of aliphatic hydroxyl groups is 1. The van der Waals surface area contributed by atoms with Crippen molar-refractivity contribution in [2.24, 2.45) is 0 Å². The summed E-state index contributed by atoms with van der Waals surface area (Å²) >= 11 is 6.10. The van der Waals surface area contributed by atoms with Gasteiger partial charge in [0, 0.05) is 12.6 Å². The molecule has 2 aromatic heterocycles. The number of aliphatic hydroxyl groups excluding tert-OH is 1. The average Bonchev–Trinajstić information content (AvgIpc) is 3.23. The van der Waals surface area contributed by atoms with Gasteiger partial charge in [-0.25, -0.2) is 9.78 Å². The van der Waals surface area contributed by atoms with E-state index in [1.54, 1.807) is 29.0 Å². The molecule has 3 heterocycles. The quantitative estimate of drug-likeness (QED) is 0.509. The number of rotatable bonds is 4. The molecule has 9 heteroatoms. The maximum Gasteiger partial charge on any atom is 0.338 e. The zero-order chi connectivity index (χ0) is 19.8. The first-order valence-corrected chi connectivity index (χ1v) is 9.17. The van der Waals surface area contributed by atoms with E-state index < -0.39 is 24.4 Å². The number of aryl methyl sites for hydroxylation is 1. The van der Waals surface area contributed by atoms with Crippen molar-refractivity contribution in [3.05, 3.63) is 52.8 Å². The molecule has 0 spiro atoms. The van der Waals surface area contributed by atoms with Gasteiger partial charge in [0.05, 0.1) is 17.1 Å². The van der Waals surface area contributed by atoms with Crippen molar-refractivity contribution in [1.82, 2.24) is 14.5 Å². The van der Waals surface area contributed by atoms with Gasteiger partial charge >= 0.3 is 5.97 Å². The second kappa shape index (κ2) is 7.38. The third-order valence-electron chi connectivity index (χ3n) is 4.72. The number of hydrogen-bond acceptors (Lipinski definition) is 7. The molecule has 146 valence electrons. The molecule has 3 N–H and O–H groups in total. The smallest absolute Gasteiger partial charge is 0.338 e. The molecule has 3 aromatic rings. The molecular formula is C19H19ClN4O4. The summed E-state index contributed by atoms with van der Waals surface area (Å²) < 4.78 is 13.0. The number of hydrogen-bond donors (Lipinski definition) is 2. The highest BCUT2D eigenvalue weighted by molar-refractivity contribution is 6.34. The molecule has 0 bridgehead atoms. The zero-order valence-electron chi connectivity index (χ0n) is 15.1. The van der Waals surface area contributed by atoms with E-state index in [2.05, 4.69) is 9.97 Å². The monoisotopic (exact) mass is 402 g/mol. The number of benzene rings is 1. The second-order valence-corrected chi connectivity index (χ2v) is 7.09. The fourth-order valence-corrected chi connectivity index (χ4v) is 3.45. The highest BCUT2D eigenvalue weighted by Crippen LogP contribution is 2.33. The van der Waals surface area contributed by atoms with Gasteiger partial charge in [0.15, 0.2) is 0 Å². The summed E-state index contributed by atoms with van der Waals surface area (Å²) in [5, 5.41) is 11.2. The van der Waals surface area contributed by atoms with Crippen LogP contribution in [0.1, 0.15) is 28.6 Å². The molecule has 0 unspecified atom stereocenters. The van der Waals surface area contributed by atoms with Crippen molar-refractivity contribution < 1.29 is 19.4 Å². The molecule has 3 atom stereocenters. The lowest BCUT2D eigenvalue weighted by molar-refractivity contribution is -0.0507. The standard InChI is InChI=1S/C19H19ClN4O4/c1-10-2-4-11(5-3-10)18(26)27-9-14-13(25)8-15(28-14)24-7-6-12-16(20)22-19(21)23-17(12)24/h2-7,13-15,25H,8-9H2,1H3,(H2,21,22,23)/t13-,14+,15+/m0/s1. The van der Waals surface area contributed by atoms with Crippen molar-refractivity contribution in [3.63, 3.8) is 0 Å². The van der Waals surface area contributed by atoms with Crippen molar-refractivity contribution in [1.29, 1.82) is 0 Å². The van der Waals surface area contributed by atoms with E-state index in [-0.39, 0.29) is 17.7 Å². The summed E-state index contributed by atoms with van der Waals surface area (Å²) in [6.07, 6.45) is 0.149. The Balaban J connectivity index is 1.45. The number of anilines is 1. The average molecular weight is 403 g/mol. The minimum Gasteiger partial charge on any atom is -0.459 e. The van der Waals surface area contributed by atoms with Gasteiger partial charge in [-0.1, -0.05) is 29.3 Å². The van der Waals surface area contributed by atoms with Gasteiger partial charge in [-0.3, -0.25) is 0 Å². The predicted molar refractivity (Wildman–Crippen MR) is 103 cm³/mol. The largest absolute Gasteiger partial charge is 0.459 e. The summed E-state index contributed by atoms with van der Waals surface area (Å²) in [7, 11) is 0. The van der Waals surface area contributed by atoms with Gasteiger partial charge in [0.1, 0.15) is 29.7 Å². The molecular weight excluding hydrogens is 384 g/mol. The maximum atomic E-state index is 12.2. The molecule has 0 aliphatic carbocycles. The highest BCUT2D eigenvalue weighted by atomic mass is 35.5. The number of nitrogens with two attached hydrogens (primary N) is 1. The van der Waals surface area contributed by atoms with E-state index in [0.717, 1.165) is 5.56 Å². The van der Waals surface area contributed by atoms with Crippen LogP contribution in [-0.4, -0.2) is 44.4 Å². The molecule has 1 aliphatic rings. The van der Waals surface area contributed by atoms with Crippen LogP contribution < -0.4 is 5.73 Å². The first kappa shape index (κ1) is 18.7. The molecule has 8 nitrogen and oxygen atoms in total. The third-order valence-corrected chi connectivity index (χ3v) is 5.01. The van der Waals surface area contributed by atoms with Gasteiger partial charge in [-0.05, 0) is 25.1 Å². The summed E-state index contributed by atoms with van der Waals surface area (Å²) in [6, 6.07) is 8.84. The minimum atomic E-state index is -0.789. The topological polar surface area (TPSA) is 112 Å². The van der Waals surface area contributed by atoms with E-state index in [1.165, 1.54) is 0 Å². The fraction of sp³-hybridized carbons (Fsp3) is 0.316. The minimum absolute atomic E-state index is 0.0541. The number of nitrogen functional groups attached to an aromatic ring is 1. The molecule has 0 radical (unpaired) electrons. The Hall–Kier alpha value is -2.68. The lowest BCUT2D eigenvalue weighted by Gasteiger charge is -2.16. The third kappa shape index (κ3) is 3.54. The van der Waals surface area contributed by atoms with E-state index in [9.17, 15) is 9.90 Å². The Kier molecular flexibility index (Phi) is 4.92. The van der Waals surface area contributed by atoms with Crippen molar-refractivity contribution in [3.8, 4) is 0 Å². The number of fused-ring (bicyclic) bond motifs is 1. The molecule has 1 saturated heterocycles. The molecule has 1 aliphatic heterocycles. The Morgan fingerprint density at radius 2 is 2.11 bits per heavy atom. The summed E-state index contributed by atoms with van der Waals surface area (Å²) in [5.41, 5.74) is 7.71.